The summed E-state index contributed by atoms with van der Waals surface area (Å²) in [4.78, 5) is 0. The summed E-state index contributed by atoms with van der Waals surface area (Å²) < 4.78 is 5.46. The lowest BCUT2D eigenvalue weighted by Crippen LogP contribution is -2.45. The van der Waals surface area contributed by atoms with Crippen molar-refractivity contribution in [2.24, 2.45) is 0 Å². The normalized spacial score (nSPS) is 32.6. The molecule has 3 nitrogen and oxygen atoms in total. The van der Waals surface area contributed by atoms with Crippen LogP contribution >= 0.6 is 0 Å². The quantitative estimate of drug-likeness (QED) is 0.720. The van der Waals surface area contributed by atoms with Gasteiger partial charge in [0.05, 0.1) is 11.7 Å². The third-order valence-electron chi connectivity index (χ3n) is 3.02. The summed E-state index contributed by atoms with van der Waals surface area (Å²) in [5, 5.41) is 13.2. The highest BCUT2D eigenvalue weighted by Crippen LogP contribution is 2.14. The number of aliphatic hydroxyl groups is 1. The van der Waals surface area contributed by atoms with Gasteiger partial charge in [0.1, 0.15) is 0 Å². The molecule has 3 heteroatoms. The van der Waals surface area contributed by atoms with Gasteiger partial charge in [0.25, 0.3) is 0 Å². The molecule has 0 aliphatic carbocycles. The highest BCUT2D eigenvalue weighted by molar-refractivity contribution is 4.80. The number of hydrogen-bond donors (Lipinski definition) is 2. The molecule has 14 heavy (non-hydrogen) atoms. The molecule has 0 bridgehead atoms. The molecule has 84 valence electrons. The maximum absolute atomic E-state index is 9.83. The third-order valence-corrected chi connectivity index (χ3v) is 3.02. The van der Waals surface area contributed by atoms with Crippen molar-refractivity contribution in [3.63, 3.8) is 0 Å². The molecule has 0 saturated carbocycles. The van der Waals surface area contributed by atoms with Gasteiger partial charge in [0.2, 0.25) is 0 Å². The Morgan fingerprint density at radius 1 is 1.57 bits per heavy atom. The number of rotatable bonds is 4. The predicted molar refractivity (Wildman–Crippen MR) is 57.4 cm³/mol. The smallest absolute Gasteiger partial charge is 0.0741 e. The van der Waals surface area contributed by atoms with Gasteiger partial charge in [-0.25, -0.2) is 0 Å². The zero-order valence-corrected chi connectivity index (χ0v) is 9.55. The van der Waals surface area contributed by atoms with Crippen LogP contribution in [0.15, 0.2) is 0 Å². The van der Waals surface area contributed by atoms with Crippen molar-refractivity contribution in [2.75, 3.05) is 13.2 Å². The maximum Gasteiger partial charge on any atom is 0.0741 e. The number of hydrogen-bond acceptors (Lipinski definition) is 3. The van der Waals surface area contributed by atoms with E-state index in [1.807, 2.05) is 13.8 Å². The minimum Gasteiger partial charge on any atom is -0.389 e. The predicted octanol–water partition coefficient (Wildman–Crippen LogP) is 1.30. The minimum absolute atomic E-state index is 0.354. The lowest BCUT2D eigenvalue weighted by Gasteiger charge is -2.31. The van der Waals surface area contributed by atoms with Gasteiger partial charge in [-0.05, 0) is 33.1 Å². The van der Waals surface area contributed by atoms with E-state index in [9.17, 15) is 5.11 Å². The molecule has 0 aromatic heterocycles. The second-order valence-electron chi connectivity index (χ2n) is 4.63. The van der Waals surface area contributed by atoms with Crippen LogP contribution in [0.4, 0.5) is 0 Å². The molecule has 1 saturated heterocycles. The average molecular weight is 201 g/mol. The third kappa shape index (κ3) is 3.95. The van der Waals surface area contributed by atoms with Crippen LogP contribution in [0, 0.1) is 0 Å². The molecule has 0 aromatic rings. The largest absolute Gasteiger partial charge is 0.389 e. The summed E-state index contributed by atoms with van der Waals surface area (Å²) >= 11 is 0. The van der Waals surface area contributed by atoms with Gasteiger partial charge < -0.3 is 15.2 Å². The Hall–Kier alpha value is -0.120. The molecule has 0 radical (unpaired) electrons. The highest BCUT2D eigenvalue weighted by Gasteiger charge is 2.23. The number of nitrogens with one attached hydrogen (secondary N) is 1. The molecule has 1 aliphatic heterocycles. The molecule has 3 atom stereocenters. The zero-order chi connectivity index (χ0) is 10.6. The summed E-state index contributed by atoms with van der Waals surface area (Å²) in [6.07, 6.45) is 3.26. The van der Waals surface area contributed by atoms with E-state index < -0.39 is 5.60 Å². The van der Waals surface area contributed by atoms with E-state index in [0.717, 1.165) is 25.9 Å². The van der Waals surface area contributed by atoms with Crippen molar-refractivity contribution in [1.82, 2.24) is 5.32 Å². The molecule has 1 rings (SSSR count). The first-order valence-corrected chi connectivity index (χ1v) is 5.61. The van der Waals surface area contributed by atoms with Gasteiger partial charge in [0, 0.05) is 19.2 Å². The van der Waals surface area contributed by atoms with E-state index in [-0.39, 0.29) is 0 Å². The summed E-state index contributed by atoms with van der Waals surface area (Å²) in [6.45, 7) is 7.51. The SMILES string of the molecule is CCC(C)(O)CNC1CCOC(C)C1. The first kappa shape index (κ1) is 12.0. The lowest BCUT2D eigenvalue weighted by molar-refractivity contribution is 0.00298. The monoisotopic (exact) mass is 201 g/mol. The van der Waals surface area contributed by atoms with Crippen LogP contribution in [0.5, 0.6) is 0 Å². The fraction of sp³-hybridized carbons (Fsp3) is 1.00. The molecule has 0 spiro atoms. The van der Waals surface area contributed by atoms with E-state index in [1.165, 1.54) is 0 Å². The Labute approximate surface area is 86.8 Å². The molecule has 0 aromatic carbocycles. The van der Waals surface area contributed by atoms with E-state index in [1.54, 1.807) is 0 Å². The summed E-state index contributed by atoms with van der Waals surface area (Å²) in [5.41, 5.74) is -0.568. The van der Waals surface area contributed by atoms with Gasteiger partial charge in [-0.3, -0.25) is 0 Å². The Morgan fingerprint density at radius 3 is 2.86 bits per heavy atom. The Morgan fingerprint density at radius 2 is 2.29 bits per heavy atom. The standard InChI is InChI=1S/C11H23NO2/c1-4-11(3,13)8-12-10-5-6-14-9(2)7-10/h9-10,12-13H,4-8H2,1-3H3. The van der Waals surface area contributed by atoms with Crippen molar-refractivity contribution < 1.29 is 9.84 Å². The van der Waals surface area contributed by atoms with Crippen LogP contribution in [-0.4, -0.2) is 36.0 Å². The lowest BCUT2D eigenvalue weighted by atomic mass is 10.0. The Balaban J connectivity index is 2.23. The molecule has 1 heterocycles. The molecule has 2 N–H and O–H groups in total. The van der Waals surface area contributed by atoms with Gasteiger partial charge in [-0.2, -0.15) is 0 Å². The first-order valence-electron chi connectivity index (χ1n) is 5.61. The second-order valence-corrected chi connectivity index (χ2v) is 4.63. The number of ether oxygens (including phenoxy) is 1. The van der Waals surface area contributed by atoms with E-state index in [4.69, 9.17) is 4.74 Å². The zero-order valence-electron chi connectivity index (χ0n) is 9.55. The van der Waals surface area contributed by atoms with Crippen molar-refractivity contribution in [3.05, 3.63) is 0 Å². The van der Waals surface area contributed by atoms with E-state index in [0.29, 0.717) is 18.7 Å². The second kappa shape index (κ2) is 5.10. The van der Waals surface area contributed by atoms with E-state index >= 15 is 0 Å². The molecule has 0 amide bonds. The fourth-order valence-corrected chi connectivity index (χ4v) is 1.67. The van der Waals surface area contributed by atoms with E-state index in [2.05, 4.69) is 12.2 Å². The first-order chi connectivity index (χ1) is 6.53. The Bertz CT molecular complexity index is 171. The van der Waals surface area contributed by atoms with Gasteiger partial charge in [-0.1, -0.05) is 6.92 Å². The molecule has 3 unspecified atom stereocenters. The molecule has 1 fully saturated rings. The molecular weight excluding hydrogens is 178 g/mol. The highest BCUT2D eigenvalue weighted by atomic mass is 16.5. The van der Waals surface area contributed by atoms with Gasteiger partial charge in [0.15, 0.2) is 0 Å². The summed E-state index contributed by atoms with van der Waals surface area (Å²) in [6, 6.07) is 0.511. The fourth-order valence-electron chi connectivity index (χ4n) is 1.67. The molecular formula is C11H23NO2. The van der Waals surface area contributed by atoms with Crippen LogP contribution in [0.1, 0.15) is 40.0 Å². The van der Waals surface area contributed by atoms with Crippen molar-refractivity contribution in [3.8, 4) is 0 Å². The maximum atomic E-state index is 9.83. The van der Waals surface area contributed by atoms with Crippen molar-refractivity contribution in [1.29, 1.82) is 0 Å². The van der Waals surface area contributed by atoms with Crippen LogP contribution in [0.3, 0.4) is 0 Å². The summed E-state index contributed by atoms with van der Waals surface area (Å²) in [5.74, 6) is 0. The minimum atomic E-state index is -0.568. The average Bonchev–Trinajstić information content (AvgIpc) is 2.15. The van der Waals surface area contributed by atoms with Gasteiger partial charge in [-0.15, -0.1) is 0 Å². The Kier molecular flexibility index (Phi) is 4.35. The van der Waals surface area contributed by atoms with Gasteiger partial charge >= 0.3 is 0 Å². The van der Waals surface area contributed by atoms with Crippen LogP contribution in [-0.2, 0) is 4.74 Å². The van der Waals surface area contributed by atoms with Crippen LogP contribution < -0.4 is 5.32 Å². The summed E-state index contributed by atoms with van der Waals surface area (Å²) in [7, 11) is 0. The van der Waals surface area contributed by atoms with Crippen LogP contribution in [0.25, 0.3) is 0 Å². The van der Waals surface area contributed by atoms with Crippen molar-refractivity contribution >= 4 is 0 Å². The van der Waals surface area contributed by atoms with Crippen LogP contribution in [0.2, 0.25) is 0 Å². The topological polar surface area (TPSA) is 41.5 Å². The molecule has 1 aliphatic rings. The van der Waals surface area contributed by atoms with Crippen molar-refractivity contribution in [2.45, 2.75) is 57.8 Å².